The third-order valence-corrected chi connectivity index (χ3v) is 5.70. The molecule has 0 aliphatic rings. The van der Waals surface area contributed by atoms with Crippen molar-refractivity contribution in [1.82, 2.24) is 4.98 Å². The predicted molar refractivity (Wildman–Crippen MR) is 129 cm³/mol. The summed E-state index contributed by atoms with van der Waals surface area (Å²) in [4.78, 5) is 22.0. The number of ether oxygens (including phenoxy) is 1. The first-order valence-electron chi connectivity index (χ1n) is 10.5. The maximum Gasteiger partial charge on any atom is 0.306 e. The van der Waals surface area contributed by atoms with Crippen LogP contribution in [0.15, 0.2) is 29.3 Å². The Morgan fingerprint density at radius 3 is 2.38 bits per heavy atom. The zero-order valence-electron chi connectivity index (χ0n) is 19.7. The number of carbonyl (C=O) groups excluding carboxylic acids is 1. The largest absolute Gasteiger partial charge is 0.460 e. The van der Waals surface area contributed by atoms with Crippen LogP contribution in [0.4, 0.5) is 11.5 Å². The molecule has 0 N–H and O–H groups in total. The van der Waals surface area contributed by atoms with E-state index in [2.05, 4.69) is 15.9 Å². The Hall–Kier alpha value is -3.03. The second-order valence-electron chi connectivity index (χ2n) is 8.61. The Bertz CT molecular complexity index is 1040. The first-order chi connectivity index (χ1) is 15.1. The minimum atomic E-state index is -0.467. The van der Waals surface area contributed by atoms with E-state index in [4.69, 9.17) is 11.3 Å². The fraction of sp³-hybridized carbons (Fsp3) is 0.440. The molecule has 0 amide bonds. The number of nitriles is 1. The van der Waals surface area contributed by atoms with Crippen molar-refractivity contribution in [2.45, 2.75) is 63.3 Å². The van der Waals surface area contributed by atoms with Crippen LogP contribution in [0, 0.1) is 17.9 Å². The van der Waals surface area contributed by atoms with Gasteiger partial charge in [-0.2, -0.15) is 5.26 Å². The molecule has 168 valence electrons. The second kappa shape index (κ2) is 11.0. The van der Waals surface area contributed by atoms with E-state index in [-0.39, 0.29) is 5.97 Å². The van der Waals surface area contributed by atoms with Crippen molar-refractivity contribution >= 4 is 29.2 Å². The maximum absolute atomic E-state index is 11.9. The van der Waals surface area contributed by atoms with E-state index in [0.717, 1.165) is 16.7 Å². The molecule has 0 radical (unpaired) electrons. The Labute approximate surface area is 195 Å². The lowest BCUT2D eigenvalue weighted by atomic mass is 10.1. The van der Waals surface area contributed by atoms with Crippen molar-refractivity contribution in [3.05, 3.63) is 57.9 Å². The molecule has 0 aliphatic heterocycles. The summed E-state index contributed by atoms with van der Waals surface area (Å²) in [5.74, 6) is 1.05. The number of esters is 1. The first kappa shape index (κ1) is 25.2. The molecule has 2 aromatic rings. The lowest BCUT2D eigenvalue weighted by molar-refractivity contribution is -0.154. The lowest BCUT2D eigenvalue weighted by Gasteiger charge is -2.19. The molecule has 0 unspecified atom stereocenters. The molecule has 7 heteroatoms. The van der Waals surface area contributed by atoms with Crippen LogP contribution in [0.2, 0.25) is 0 Å². The van der Waals surface area contributed by atoms with Gasteiger partial charge in [-0.3, -0.25) is 4.79 Å². The molecule has 0 saturated heterocycles. The average Bonchev–Trinajstić information content (AvgIpc) is 2.74. The molecule has 0 bridgehead atoms. The number of hydrogen-bond acceptors (Lipinski definition) is 6. The highest BCUT2D eigenvalue weighted by atomic mass is 32.2. The van der Waals surface area contributed by atoms with Crippen molar-refractivity contribution in [2.75, 3.05) is 19.0 Å². The number of benzene rings is 1. The molecular formula is C25H30N4O2S. The second-order valence-corrected chi connectivity index (χ2v) is 9.57. The van der Waals surface area contributed by atoms with Gasteiger partial charge in [0.2, 0.25) is 5.69 Å². The highest BCUT2D eigenvalue weighted by Gasteiger charge is 2.20. The molecule has 1 aromatic heterocycles. The molecule has 1 heterocycles. The van der Waals surface area contributed by atoms with E-state index < -0.39 is 5.60 Å². The molecule has 0 aliphatic carbocycles. The fourth-order valence-electron chi connectivity index (χ4n) is 3.17. The Morgan fingerprint density at radius 1 is 1.25 bits per heavy atom. The number of anilines is 1. The predicted octanol–water partition coefficient (Wildman–Crippen LogP) is 5.70. The van der Waals surface area contributed by atoms with Gasteiger partial charge >= 0.3 is 5.97 Å². The van der Waals surface area contributed by atoms with E-state index in [0.29, 0.717) is 47.1 Å². The average molecular weight is 451 g/mol. The van der Waals surface area contributed by atoms with Gasteiger partial charge in [-0.1, -0.05) is 31.2 Å². The van der Waals surface area contributed by atoms with Gasteiger partial charge in [0.05, 0.1) is 12.1 Å². The van der Waals surface area contributed by atoms with Crippen molar-refractivity contribution in [1.29, 1.82) is 5.26 Å². The molecule has 0 atom stereocenters. The number of carbonyl (C=O) groups is 1. The van der Waals surface area contributed by atoms with Crippen LogP contribution >= 0.6 is 11.8 Å². The van der Waals surface area contributed by atoms with Gasteiger partial charge in [0.1, 0.15) is 22.5 Å². The molecular weight excluding hydrogens is 420 g/mol. The number of nitrogens with zero attached hydrogens (tertiary/aromatic N) is 4. The standard InChI is InChI=1S/C25H30N4O2S/c1-8-19-20(15-26)24(28-23(29(6)7)22(19)27-5)32-16-18-11-9-17(10-12-18)13-14-21(30)31-25(2,3)4/h9-12H,8,13-14,16H2,1-4,6-7H3. The highest BCUT2D eigenvalue weighted by molar-refractivity contribution is 7.98. The Kier molecular flexibility index (Phi) is 8.69. The van der Waals surface area contributed by atoms with Crippen LogP contribution in [-0.4, -0.2) is 30.6 Å². The van der Waals surface area contributed by atoms with E-state index in [1.54, 1.807) is 0 Å². The maximum atomic E-state index is 11.9. The summed E-state index contributed by atoms with van der Waals surface area (Å²) in [6, 6.07) is 10.4. The first-order valence-corrected chi connectivity index (χ1v) is 11.5. The third kappa shape index (κ3) is 6.73. The molecule has 1 aromatic carbocycles. The summed E-state index contributed by atoms with van der Waals surface area (Å²) in [6.45, 7) is 15.1. The van der Waals surface area contributed by atoms with E-state index in [9.17, 15) is 10.1 Å². The van der Waals surface area contributed by atoms with Crippen LogP contribution in [0.25, 0.3) is 4.85 Å². The molecule has 0 fully saturated rings. The smallest absolute Gasteiger partial charge is 0.306 e. The molecule has 0 saturated carbocycles. The molecule has 0 spiro atoms. The number of hydrogen-bond donors (Lipinski definition) is 0. The number of pyridine rings is 1. The topological polar surface area (TPSA) is 70.6 Å². The molecule has 2 rings (SSSR count). The summed E-state index contributed by atoms with van der Waals surface area (Å²) in [6.07, 6.45) is 1.58. The van der Waals surface area contributed by atoms with Gasteiger partial charge in [-0.15, -0.1) is 11.8 Å². The molecule has 32 heavy (non-hydrogen) atoms. The van der Waals surface area contributed by atoms with Gasteiger partial charge in [-0.25, -0.2) is 9.83 Å². The van der Waals surface area contributed by atoms with Crippen molar-refractivity contribution in [3.63, 3.8) is 0 Å². The third-order valence-electron chi connectivity index (χ3n) is 4.66. The monoisotopic (exact) mass is 450 g/mol. The van der Waals surface area contributed by atoms with Crippen LogP contribution < -0.4 is 4.90 Å². The summed E-state index contributed by atoms with van der Waals surface area (Å²) in [5.41, 5.74) is 3.40. The van der Waals surface area contributed by atoms with Crippen LogP contribution in [0.1, 0.15) is 56.4 Å². The van der Waals surface area contributed by atoms with Crippen LogP contribution in [0.3, 0.4) is 0 Å². The Morgan fingerprint density at radius 2 is 1.88 bits per heavy atom. The number of rotatable bonds is 8. The normalized spacial score (nSPS) is 10.9. The zero-order valence-corrected chi connectivity index (χ0v) is 20.5. The van der Waals surface area contributed by atoms with Gasteiger partial charge in [0.25, 0.3) is 0 Å². The van der Waals surface area contributed by atoms with E-state index in [1.807, 2.05) is 71.0 Å². The summed E-state index contributed by atoms with van der Waals surface area (Å²) in [5, 5.41) is 10.4. The van der Waals surface area contributed by atoms with Crippen molar-refractivity contribution in [3.8, 4) is 6.07 Å². The van der Waals surface area contributed by atoms with Crippen LogP contribution in [0.5, 0.6) is 0 Å². The minimum absolute atomic E-state index is 0.196. The molecule has 6 nitrogen and oxygen atoms in total. The van der Waals surface area contributed by atoms with Gasteiger partial charge in [0.15, 0.2) is 0 Å². The number of thioether (sulfide) groups is 1. The van der Waals surface area contributed by atoms with Gasteiger partial charge < -0.3 is 9.64 Å². The SMILES string of the molecule is [C-]#[N+]c1c(N(C)C)nc(SCc2ccc(CCC(=O)OC(C)(C)C)cc2)c(C#N)c1CC. The van der Waals surface area contributed by atoms with Gasteiger partial charge in [-0.05, 0) is 50.3 Å². The minimum Gasteiger partial charge on any atom is -0.460 e. The van der Waals surface area contributed by atoms with Crippen molar-refractivity contribution < 1.29 is 9.53 Å². The Balaban J connectivity index is 2.12. The zero-order chi connectivity index (χ0) is 23.9. The van der Waals surface area contributed by atoms with Crippen LogP contribution in [-0.2, 0) is 28.1 Å². The summed E-state index contributed by atoms with van der Waals surface area (Å²) < 4.78 is 5.36. The van der Waals surface area contributed by atoms with E-state index in [1.165, 1.54) is 11.8 Å². The quantitative estimate of drug-likeness (QED) is 0.292. The summed E-state index contributed by atoms with van der Waals surface area (Å²) in [7, 11) is 3.71. The van der Waals surface area contributed by atoms with E-state index >= 15 is 0 Å². The van der Waals surface area contributed by atoms with Gasteiger partial charge in [0, 0.05) is 26.3 Å². The fourth-order valence-corrected chi connectivity index (χ4v) is 4.13. The van der Waals surface area contributed by atoms with Crippen molar-refractivity contribution in [2.24, 2.45) is 0 Å². The lowest BCUT2D eigenvalue weighted by Crippen LogP contribution is -2.23. The number of aryl methyl sites for hydroxylation is 1. The summed E-state index contributed by atoms with van der Waals surface area (Å²) >= 11 is 1.50. The highest BCUT2D eigenvalue weighted by Crippen LogP contribution is 2.38. The number of aromatic nitrogens is 1.